The van der Waals surface area contributed by atoms with Gasteiger partial charge in [-0.1, -0.05) is 0 Å². The van der Waals surface area contributed by atoms with Crippen molar-refractivity contribution in [3.63, 3.8) is 0 Å². The number of nitrogens with one attached hydrogen (secondary N) is 1. The molecule has 0 spiro atoms. The number of rotatable bonds is 5. The van der Waals surface area contributed by atoms with Crippen LogP contribution in [0.25, 0.3) is 0 Å². The summed E-state index contributed by atoms with van der Waals surface area (Å²) in [5.74, 6) is -0.935. The van der Waals surface area contributed by atoms with Crippen molar-refractivity contribution in [3.05, 3.63) is 47.5 Å². The van der Waals surface area contributed by atoms with Gasteiger partial charge in [-0.05, 0) is 45.0 Å². The van der Waals surface area contributed by atoms with Crippen LogP contribution < -0.4 is 5.32 Å². The summed E-state index contributed by atoms with van der Waals surface area (Å²) in [5.41, 5.74) is 1.35. The molecule has 2 heterocycles. The second-order valence-corrected chi connectivity index (χ2v) is 7.26. The first-order chi connectivity index (χ1) is 14.8. The van der Waals surface area contributed by atoms with E-state index in [4.69, 9.17) is 4.74 Å². The van der Waals surface area contributed by atoms with Crippen LogP contribution in [-0.2, 0) is 9.53 Å². The van der Waals surface area contributed by atoms with Gasteiger partial charge in [0.1, 0.15) is 11.9 Å². The van der Waals surface area contributed by atoms with Crippen molar-refractivity contribution in [1.29, 1.82) is 0 Å². The molecule has 31 heavy (non-hydrogen) atoms. The Bertz CT molecular complexity index is 951. The SMILES string of the molecule is CCOC(=O)N1CCN(C(=O)C(C)n2cc(NC(=O)c3ccc(F)cc3)c(C)n2)CC1. The predicted molar refractivity (Wildman–Crippen MR) is 111 cm³/mol. The Kier molecular flexibility index (Phi) is 6.88. The normalized spacial score (nSPS) is 14.8. The van der Waals surface area contributed by atoms with Crippen LogP contribution in [0.5, 0.6) is 0 Å². The number of hydrogen-bond donors (Lipinski definition) is 1. The molecule has 3 amide bonds. The zero-order valence-electron chi connectivity index (χ0n) is 17.8. The Balaban J connectivity index is 1.61. The highest BCUT2D eigenvalue weighted by Gasteiger charge is 2.29. The predicted octanol–water partition coefficient (Wildman–Crippen LogP) is 2.44. The summed E-state index contributed by atoms with van der Waals surface area (Å²) in [5, 5.41) is 7.11. The van der Waals surface area contributed by atoms with Gasteiger partial charge >= 0.3 is 6.09 Å². The Morgan fingerprint density at radius 1 is 1.13 bits per heavy atom. The van der Waals surface area contributed by atoms with Gasteiger partial charge in [-0.25, -0.2) is 9.18 Å². The molecule has 1 fully saturated rings. The second-order valence-electron chi connectivity index (χ2n) is 7.26. The van der Waals surface area contributed by atoms with Crippen molar-refractivity contribution in [2.45, 2.75) is 26.8 Å². The van der Waals surface area contributed by atoms with E-state index in [1.54, 1.807) is 36.8 Å². The van der Waals surface area contributed by atoms with E-state index in [9.17, 15) is 18.8 Å². The zero-order valence-corrected chi connectivity index (χ0v) is 17.8. The Hall–Kier alpha value is -3.43. The number of piperazine rings is 1. The van der Waals surface area contributed by atoms with Crippen LogP contribution in [0.4, 0.5) is 14.9 Å². The average molecular weight is 431 g/mol. The van der Waals surface area contributed by atoms with Crippen molar-refractivity contribution in [2.24, 2.45) is 0 Å². The molecule has 0 bridgehead atoms. The average Bonchev–Trinajstić information content (AvgIpc) is 3.13. The number of hydrogen-bond acceptors (Lipinski definition) is 5. The molecule has 0 aliphatic carbocycles. The van der Waals surface area contributed by atoms with Crippen molar-refractivity contribution in [1.82, 2.24) is 19.6 Å². The summed E-state index contributed by atoms with van der Waals surface area (Å²) < 4.78 is 19.6. The van der Waals surface area contributed by atoms with Crippen LogP contribution >= 0.6 is 0 Å². The minimum atomic E-state index is -0.579. The van der Waals surface area contributed by atoms with Gasteiger partial charge in [-0.3, -0.25) is 14.3 Å². The molecule has 1 unspecified atom stereocenters. The number of benzene rings is 1. The van der Waals surface area contributed by atoms with Crippen molar-refractivity contribution in [3.8, 4) is 0 Å². The van der Waals surface area contributed by atoms with Gasteiger partial charge in [0.2, 0.25) is 5.91 Å². The molecule has 0 saturated carbocycles. The summed E-state index contributed by atoms with van der Waals surface area (Å²) >= 11 is 0. The van der Waals surface area contributed by atoms with E-state index in [1.165, 1.54) is 28.9 Å². The highest BCUT2D eigenvalue weighted by atomic mass is 19.1. The number of anilines is 1. The fourth-order valence-corrected chi connectivity index (χ4v) is 3.30. The van der Waals surface area contributed by atoms with E-state index in [0.29, 0.717) is 49.7 Å². The first-order valence-corrected chi connectivity index (χ1v) is 10.1. The Morgan fingerprint density at radius 2 is 1.74 bits per heavy atom. The number of ether oxygens (including phenoxy) is 1. The van der Waals surface area contributed by atoms with Crippen LogP contribution in [0.15, 0.2) is 30.5 Å². The lowest BCUT2D eigenvalue weighted by molar-refractivity contribution is -0.136. The molecule has 1 saturated heterocycles. The van der Waals surface area contributed by atoms with Gasteiger partial charge in [0, 0.05) is 37.9 Å². The summed E-state index contributed by atoms with van der Waals surface area (Å²) in [4.78, 5) is 40.4. The molecule has 1 N–H and O–H groups in total. The van der Waals surface area contributed by atoms with Crippen molar-refractivity contribution >= 4 is 23.6 Å². The molecule has 1 aliphatic heterocycles. The minimum Gasteiger partial charge on any atom is -0.450 e. The minimum absolute atomic E-state index is 0.123. The molecule has 1 aliphatic rings. The summed E-state index contributed by atoms with van der Waals surface area (Å²) in [6.07, 6.45) is 1.24. The number of carbonyl (C=O) groups excluding carboxylic acids is 3. The van der Waals surface area contributed by atoms with Gasteiger partial charge < -0.3 is 19.9 Å². The van der Waals surface area contributed by atoms with E-state index in [1.807, 2.05) is 0 Å². The van der Waals surface area contributed by atoms with Crippen LogP contribution in [0.2, 0.25) is 0 Å². The van der Waals surface area contributed by atoms with Gasteiger partial charge in [0.25, 0.3) is 5.91 Å². The topological polar surface area (TPSA) is 96.8 Å². The molecule has 2 aromatic rings. The number of aryl methyl sites for hydroxylation is 1. The van der Waals surface area contributed by atoms with Crippen molar-refractivity contribution < 1.29 is 23.5 Å². The van der Waals surface area contributed by atoms with E-state index < -0.39 is 17.8 Å². The molecule has 1 aromatic carbocycles. The van der Waals surface area contributed by atoms with Crippen LogP contribution in [-0.4, -0.2) is 70.3 Å². The summed E-state index contributed by atoms with van der Waals surface area (Å²) in [6.45, 7) is 7.18. The highest BCUT2D eigenvalue weighted by molar-refractivity contribution is 6.04. The lowest BCUT2D eigenvalue weighted by Gasteiger charge is -2.35. The first kappa shape index (κ1) is 22.3. The maximum absolute atomic E-state index is 13.1. The van der Waals surface area contributed by atoms with Crippen LogP contribution in [0.1, 0.15) is 35.9 Å². The molecule has 166 valence electrons. The molecule has 1 atom stereocenters. The Labute approximate surface area is 179 Å². The molecule has 10 heteroatoms. The highest BCUT2D eigenvalue weighted by Crippen LogP contribution is 2.19. The number of carbonyl (C=O) groups is 3. The quantitative estimate of drug-likeness (QED) is 0.784. The maximum atomic E-state index is 13.1. The van der Waals surface area contributed by atoms with Gasteiger partial charge in [0.15, 0.2) is 0 Å². The fourth-order valence-electron chi connectivity index (χ4n) is 3.30. The molecule has 1 aromatic heterocycles. The van der Waals surface area contributed by atoms with E-state index in [-0.39, 0.29) is 12.0 Å². The smallest absolute Gasteiger partial charge is 0.409 e. The first-order valence-electron chi connectivity index (χ1n) is 10.1. The molecular weight excluding hydrogens is 405 g/mol. The molecule has 0 radical (unpaired) electrons. The number of amides is 3. The van der Waals surface area contributed by atoms with Crippen molar-refractivity contribution in [2.75, 3.05) is 38.1 Å². The molecule has 3 rings (SSSR count). The molecule has 9 nitrogen and oxygen atoms in total. The van der Waals surface area contributed by atoms with E-state index >= 15 is 0 Å². The maximum Gasteiger partial charge on any atom is 0.409 e. The standard InChI is InChI=1S/C21H26FN5O4/c1-4-31-21(30)26-11-9-25(10-12-26)20(29)15(3)27-13-18(14(2)24-27)23-19(28)16-5-7-17(22)8-6-16/h5-8,13,15H,4,9-12H2,1-3H3,(H,23,28). The third kappa shape index (κ3) is 5.19. The lowest BCUT2D eigenvalue weighted by Crippen LogP contribution is -2.52. The van der Waals surface area contributed by atoms with Crippen LogP contribution in [0, 0.1) is 12.7 Å². The number of aromatic nitrogens is 2. The van der Waals surface area contributed by atoms with E-state index in [0.717, 1.165) is 0 Å². The third-order valence-electron chi connectivity index (χ3n) is 5.14. The van der Waals surface area contributed by atoms with Gasteiger partial charge in [0.05, 0.1) is 18.0 Å². The summed E-state index contributed by atoms with van der Waals surface area (Å²) in [7, 11) is 0. The van der Waals surface area contributed by atoms with E-state index in [2.05, 4.69) is 10.4 Å². The fraction of sp³-hybridized carbons (Fsp3) is 0.429. The zero-order chi connectivity index (χ0) is 22.5. The van der Waals surface area contributed by atoms with Gasteiger partial charge in [-0.15, -0.1) is 0 Å². The monoisotopic (exact) mass is 431 g/mol. The third-order valence-corrected chi connectivity index (χ3v) is 5.14. The largest absolute Gasteiger partial charge is 0.450 e. The van der Waals surface area contributed by atoms with Crippen LogP contribution in [0.3, 0.4) is 0 Å². The second kappa shape index (κ2) is 9.59. The lowest BCUT2D eigenvalue weighted by atomic mass is 10.2. The summed E-state index contributed by atoms with van der Waals surface area (Å²) in [6, 6.07) is 4.64. The number of nitrogens with zero attached hydrogens (tertiary/aromatic N) is 4. The molecular formula is C21H26FN5O4. The van der Waals surface area contributed by atoms with Gasteiger partial charge in [-0.2, -0.15) is 5.10 Å². The number of halogens is 1. The Morgan fingerprint density at radius 3 is 2.35 bits per heavy atom.